The van der Waals surface area contributed by atoms with Crippen molar-refractivity contribution in [1.82, 2.24) is 0 Å². The molecular formula is C14H19NO5S. The molecule has 0 radical (unpaired) electrons. The molecule has 1 aromatic carbocycles. The molecule has 0 spiro atoms. The molecule has 21 heavy (non-hydrogen) atoms. The highest BCUT2D eigenvalue weighted by Crippen LogP contribution is 2.13. The second-order valence-electron chi connectivity index (χ2n) is 4.64. The first-order valence-electron chi connectivity index (χ1n) is 6.41. The average Bonchev–Trinajstić information content (AvgIpc) is 2.35. The first-order chi connectivity index (χ1) is 9.78. The Kier molecular flexibility index (Phi) is 6.39. The highest BCUT2D eigenvalue weighted by atomic mass is 32.2. The molecule has 0 heterocycles. The molecule has 0 bridgehead atoms. The lowest BCUT2D eigenvalue weighted by molar-refractivity contribution is -0.131. The molecule has 1 rings (SSSR count). The molecular weight excluding hydrogens is 294 g/mol. The van der Waals surface area contributed by atoms with Gasteiger partial charge in [-0.05, 0) is 37.6 Å². The van der Waals surface area contributed by atoms with Gasteiger partial charge in [-0.15, -0.1) is 0 Å². The number of benzene rings is 1. The van der Waals surface area contributed by atoms with Crippen LogP contribution in [0.4, 0.5) is 5.69 Å². The number of carboxylic acid groups (broad SMARTS) is 1. The molecule has 7 heteroatoms. The standard InChI is InChI=1S/C14H19NO5S/c1-11(2)20-8-9-21(18,19)15-13-5-3-4-12(10-13)6-7-14(16)17/h3-7,10-11,15H,8-9H2,1-2H3,(H,16,17). The Morgan fingerprint density at radius 1 is 1.43 bits per heavy atom. The minimum absolute atomic E-state index is 0.0234. The summed E-state index contributed by atoms with van der Waals surface area (Å²) in [6.45, 7) is 3.78. The third-order valence-corrected chi connectivity index (χ3v) is 3.63. The number of carboxylic acids is 1. The number of hydrogen-bond acceptors (Lipinski definition) is 4. The van der Waals surface area contributed by atoms with Crippen molar-refractivity contribution in [3.8, 4) is 0 Å². The zero-order valence-electron chi connectivity index (χ0n) is 11.9. The summed E-state index contributed by atoms with van der Waals surface area (Å²) in [5.74, 6) is -1.20. The maximum absolute atomic E-state index is 11.9. The summed E-state index contributed by atoms with van der Waals surface area (Å²) in [6.07, 6.45) is 2.36. The highest BCUT2D eigenvalue weighted by Gasteiger charge is 2.11. The smallest absolute Gasteiger partial charge is 0.328 e. The van der Waals surface area contributed by atoms with Crippen LogP contribution in [0.15, 0.2) is 30.3 Å². The minimum atomic E-state index is -3.49. The Hall–Kier alpha value is -1.86. The Labute approximate surface area is 124 Å². The summed E-state index contributed by atoms with van der Waals surface area (Å²) in [5.41, 5.74) is 0.975. The summed E-state index contributed by atoms with van der Waals surface area (Å²) >= 11 is 0. The number of nitrogens with one attached hydrogen (secondary N) is 1. The molecule has 0 amide bonds. The number of hydrogen-bond donors (Lipinski definition) is 2. The van der Waals surface area contributed by atoms with Gasteiger partial charge >= 0.3 is 5.97 Å². The number of carbonyl (C=O) groups is 1. The fraction of sp³-hybridized carbons (Fsp3) is 0.357. The van der Waals surface area contributed by atoms with E-state index in [1.807, 2.05) is 13.8 Å². The summed E-state index contributed by atoms with van der Waals surface area (Å²) in [7, 11) is -3.49. The van der Waals surface area contributed by atoms with E-state index in [9.17, 15) is 13.2 Å². The van der Waals surface area contributed by atoms with Crippen molar-refractivity contribution in [3.05, 3.63) is 35.9 Å². The van der Waals surface area contributed by atoms with Gasteiger partial charge < -0.3 is 9.84 Å². The summed E-state index contributed by atoms with van der Waals surface area (Å²) < 4.78 is 31.4. The van der Waals surface area contributed by atoms with Crippen LogP contribution in [0.2, 0.25) is 0 Å². The van der Waals surface area contributed by atoms with Crippen LogP contribution in [0.25, 0.3) is 6.08 Å². The fourth-order valence-corrected chi connectivity index (χ4v) is 2.40. The molecule has 0 saturated carbocycles. The average molecular weight is 313 g/mol. The van der Waals surface area contributed by atoms with Gasteiger partial charge in [0, 0.05) is 11.8 Å². The van der Waals surface area contributed by atoms with Crippen molar-refractivity contribution < 1.29 is 23.1 Å². The predicted molar refractivity (Wildman–Crippen MR) is 81.6 cm³/mol. The van der Waals surface area contributed by atoms with E-state index in [1.165, 1.54) is 6.08 Å². The molecule has 0 aromatic heterocycles. The second kappa shape index (κ2) is 7.80. The minimum Gasteiger partial charge on any atom is -0.478 e. The third-order valence-electron chi connectivity index (χ3n) is 2.38. The van der Waals surface area contributed by atoms with Gasteiger partial charge in [-0.1, -0.05) is 12.1 Å². The van der Waals surface area contributed by atoms with E-state index < -0.39 is 16.0 Å². The van der Waals surface area contributed by atoms with E-state index in [4.69, 9.17) is 9.84 Å². The lowest BCUT2D eigenvalue weighted by atomic mass is 10.2. The van der Waals surface area contributed by atoms with E-state index in [-0.39, 0.29) is 18.5 Å². The Bertz CT molecular complexity index is 608. The van der Waals surface area contributed by atoms with Crippen LogP contribution in [0.5, 0.6) is 0 Å². The summed E-state index contributed by atoms with van der Waals surface area (Å²) in [4.78, 5) is 10.4. The largest absolute Gasteiger partial charge is 0.478 e. The van der Waals surface area contributed by atoms with Crippen molar-refractivity contribution in [2.45, 2.75) is 20.0 Å². The number of sulfonamides is 1. The van der Waals surface area contributed by atoms with E-state index in [0.717, 1.165) is 6.08 Å². The highest BCUT2D eigenvalue weighted by molar-refractivity contribution is 7.92. The van der Waals surface area contributed by atoms with Crippen molar-refractivity contribution in [3.63, 3.8) is 0 Å². The van der Waals surface area contributed by atoms with Gasteiger partial charge in [0.05, 0.1) is 18.5 Å². The SMILES string of the molecule is CC(C)OCCS(=O)(=O)Nc1cccc(C=CC(=O)O)c1. The predicted octanol–water partition coefficient (Wildman–Crippen LogP) is 1.95. The number of ether oxygens (including phenoxy) is 1. The molecule has 0 aliphatic rings. The number of aliphatic carboxylic acids is 1. The molecule has 0 fully saturated rings. The van der Waals surface area contributed by atoms with E-state index in [1.54, 1.807) is 24.3 Å². The van der Waals surface area contributed by atoms with Crippen molar-refractivity contribution in [2.75, 3.05) is 17.1 Å². The second-order valence-corrected chi connectivity index (χ2v) is 6.48. The zero-order valence-corrected chi connectivity index (χ0v) is 12.8. The molecule has 1 aromatic rings. The van der Waals surface area contributed by atoms with Crippen LogP contribution in [0, 0.1) is 0 Å². The van der Waals surface area contributed by atoms with Gasteiger partial charge in [0.1, 0.15) is 0 Å². The monoisotopic (exact) mass is 313 g/mol. The van der Waals surface area contributed by atoms with Gasteiger partial charge in [0.25, 0.3) is 0 Å². The molecule has 0 aliphatic heterocycles. The lowest BCUT2D eigenvalue weighted by Gasteiger charge is -2.10. The fourth-order valence-electron chi connectivity index (χ4n) is 1.50. The van der Waals surface area contributed by atoms with E-state index >= 15 is 0 Å². The van der Waals surface area contributed by atoms with Gasteiger partial charge in [0.2, 0.25) is 10.0 Å². The summed E-state index contributed by atoms with van der Waals surface area (Å²) in [6, 6.07) is 6.47. The Morgan fingerprint density at radius 3 is 2.76 bits per heavy atom. The van der Waals surface area contributed by atoms with Crippen LogP contribution >= 0.6 is 0 Å². The van der Waals surface area contributed by atoms with Crippen molar-refractivity contribution in [2.24, 2.45) is 0 Å². The Morgan fingerprint density at radius 2 is 2.14 bits per heavy atom. The van der Waals surface area contributed by atoms with Crippen LogP contribution in [-0.4, -0.2) is 38.0 Å². The van der Waals surface area contributed by atoms with Gasteiger partial charge in [-0.3, -0.25) is 4.72 Å². The molecule has 2 N–H and O–H groups in total. The molecule has 0 unspecified atom stereocenters. The Balaban J connectivity index is 2.69. The topological polar surface area (TPSA) is 92.7 Å². The molecule has 6 nitrogen and oxygen atoms in total. The molecule has 0 aliphatic carbocycles. The number of anilines is 1. The van der Waals surface area contributed by atoms with E-state index in [2.05, 4.69) is 4.72 Å². The van der Waals surface area contributed by atoms with E-state index in [0.29, 0.717) is 11.3 Å². The van der Waals surface area contributed by atoms with Crippen LogP contribution in [-0.2, 0) is 19.6 Å². The molecule has 0 atom stereocenters. The lowest BCUT2D eigenvalue weighted by Crippen LogP contribution is -2.21. The van der Waals surface area contributed by atoms with Crippen molar-refractivity contribution >= 4 is 27.8 Å². The first-order valence-corrected chi connectivity index (χ1v) is 8.07. The third kappa shape index (κ3) is 7.48. The quantitative estimate of drug-likeness (QED) is 0.716. The maximum Gasteiger partial charge on any atom is 0.328 e. The molecule has 116 valence electrons. The van der Waals surface area contributed by atoms with Gasteiger partial charge in [-0.2, -0.15) is 0 Å². The van der Waals surface area contributed by atoms with Gasteiger partial charge in [-0.25, -0.2) is 13.2 Å². The van der Waals surface area contributed by atoms with Crippen LogP contribution in [0.3, 0.4) is 0 Å². The summed E-state index contributed by atoms with van der Waals surface area (Å²) in [5, 5.41) is 8.56. The molecule has 0 saturated heterocycles. The van der Waals surface area contributed by atoms with Crippen LogP contribution in [0.1, 0.15) is 19.4 Å². The van der Waals surface area contributed by atoms with Crippen molar-refractivity contribution in [1.29, 1.82) is 0 Å². The normalized spacial score (nSPS) is 12.0. The first kappa shape index (κ1) is 17.2. The van der Waals surface area contributed by atoms with Gasteiger partial charge in [0.15, 0.2) is 0 Å². The van der Waals surface area contributed by atoms with Crippen LogP contribution < -0.4 is 4.72 Å². The number of rotatable bonds is 8. The maximum atomic E-state index is 11.9. The zero-order chi connectivity index (χ0) is 15.9.